The Hall–Kier alpha value is -2.56. The van der Waals surface area contributed by atoms with E-state index in [1.54, 1.807) is 0 Å². The average molecular weight is 700 g/mol. The Bertz CT molecular complexity index is 1010. The van der Waals surface area contributed by atoms with Crippen molar-refractivity contribution in [3.05, 3.63) is 48.6 Å². The molecule has 0 aliphatic heterocycles. The third-order valence-electron chi connectivity index (χ3n) is 7.12. The highest BCUT2D eigenvalue weighted by Gasteiger charge is 2.28. The summed E-state index contributed by atoms with van der Waals surface area (Å²) in [6.45, 7) is 2.27. The minimum Gasteiger partial charge on any atom is -0.480 e. The zero-order chi connectivity index (χ0) is 35.7. The van der Waals surface area contributed by atoms with Crippen molar-refractivity contribution in [3.8, 4) is 0 Å². The number of esters is 1. The van der Waals surface area contributed by atoms with Gasteiger partial charge in [0, 0.05) is 12.8 Å². The number of carboxylic acids is 1. The number of aliphatic hydroxyl groups excluding tert-OH is 1. The van der Waals surface area contributed by atoms with Crippen LogP contribution in [-0.2, 0) is 32.7 Å². The largest absolute Gasteiger partial charge is 0.480 e. The predicted molar refractivity (Wildman–Crippen MR) is 189 cm³/mol. The Labute approximate surface area is 288 Å². The van der Waals surface area contributed by atoms with Crippen LogP contribution in [0.1, 0.15) is 129 Å². The monoisotopic (exact) mass is 699 g/mol. The SMILES string of the molecule is CCCCC/C=C\C/C=C\C/C=C\C/C=C\CCCCCCCC(=O)OCC(O)COP(=O)(O)OCC(NC(=O)CCCCC)C(=O)O. The zero-order valence-corrected chi connectivity index (χ0v) is 30.2. The van der Waals surface area contributed by atoms with Crippen LogP contribution in [0.4, 0.5) is 0 Å². The van der Waals surface area contributed by atoms with Gasteiger partial charge in [0.05, 0.1) is 13.2 Å². The van der Waals surface area contributed by atoms with Crippen LogP contribution in [0.15, 0.2) is 48.6 Å². The molecule has 0 aliphatic rings. The van der Waals surface area contributed by atoms with Crippen molar-refractivity contribution in [2.45, 2.75) is 142 Å². The smallest absolute Gasteiger partial charge is 0.472 e. The van der Waals surface area contributed by atoms with Gasteiger partial charge < -0.3 is 25.2 Å². The fourth-order valence-electron chi connectivity index (χ4n) is 4.30. The van der Waals surface area contributed by atoms with Gasteiger partial charge in [-0.05, 0) is 57.8 Å². The van der Waals surface area contributed by atoms with Crippen molar-refractivity contribution < 1.29 is 47.8 Å². The number of hydrogen-bond donors (Lipinski definition) is 4. The number of rotatable bonds is 32. The molecule has 0 aromatic heterocycles. The molecule has 0 aromatic rings. The summed E-state index contributed by atoms with van der Waals surface area (Å²) in [6, 6.07) is -1.54. The Morgan fingerprint density at radius 1 is 0.667 bits per heavy atom. The predicted octanol–water partition coefficient (Wildman–Crippen LogP) is 7.88. The summed E-state index contributed by atoms with van der Waals surface area (Å²) in [6.07, 6.45) is 32.6. The van der Waals surface area contributed by atoms with Crippen LogP contribution < -0.4 is 5.32 Å². The molecule has 0 saturated carbocycles. The van der Waals surface area contributed by atoms with Crippen LogP contribution in [0.25, 0.3) is 0 Å². The number of carbonyl (C=O) groups excluding carboxylic acids is 2. The van der Waals surface area contributed by atoms with Crippen LogP contribution in [0, 0.1) is 0 Å². The van der Waals surface area contributed by atoms with Gasteiger partial charge in [-0.2, -0.15) is 0 Å². The van der Waals surface area contributed by atoms with Gasteiger partial charge in [0.2, 0.25) is 5.91 Å². The maximum atomic E-state index is 12.1. The number of allylic oxidation sites excluding steroid dienone is 8. The standard InChI is InChI=1S/C36H62NO10P/c1-3-5-7-8-9-10-11-12-13-14-15-16-17-18-19-20-21-22-23-24-26-28-35(40)45-29-32(38)30-46-48(43,44)47-31-33(36(41)42)37-34(39)27-25-6-4-2/h9-10,12-13,15-16,18-19,32-33,38H,3-8,11,14,17,20-31H2,1-2H3,(H,37,39)(H,41,42)(H,43,44)/b10-9-,13-12-,16-15-,19-18-. The number of aliphatic carboxylic acids is 1. The van der Waals surface area contributed by atoms with Gasteiger partial charge in [-0.1, -0.05) is 107 Å². The molecule has 0 heterocycles. The van der Waals surface area contributed by atoms with Gasteiger partial charge in [0.15, 0.2) is 6.04 Å². The summed E-state index contributed by atoms with van der Waals surface area (Å²) in [5, 5.41) is 21.4. The van der Waals surface area contributed by atoms with E-state index < -0.39 is 57.6 Å². The third-order valence-corrected chi connectivity index (χ3v) is 8.07. The van der Waals surface area contributed by atoms with E-state index in [-0.39, 0.29) is 12.8 Å². The molecule has 12 heteroatoms. The lowest BCUT2D eigenvalue weighted by Gasteiger charge is -2.18. The van der Waals surface area contributed by atoms with Gasteiger partial charge in [0.25, 0.3) is 0 Å². The molecule has 4 N–H and O–H groups in total. The number of aliphatic hydroxyl groups is 1. The molecule has 0 radical (unpaired) electrons. The van der Waals surface area contributed by atoms with E-state index in [4.69, 9.17) is 4.74 Å². The minimum atomic E-state index is -4.73. The summed E-state index contributed by atoms with van der Waals surface area (Å²) in [5.41, 5.74) is 0. The second-order valence-electron chi connectivity index (χ2n) is 11.7. The van der Waals surface area contributed by atoms with Crippen molar-refractivity contribution in [2.75, 3.05) is 19.8 Å². The first-order valence-corrected chi connectivity index (χ1v) is 19.2. The molecule has 0 spiro atoms. The molecular weight excluding hydrogens is 637 g/mol. The average Bonchev–Trinajstić information content (AvgIpc) is 3.05. The lowest BCUT2D eigenvalue weighted by atomic mass is 10.1. The van der Waals surface area contributed by atoms with Crippen molar-refractivity contribution in [1.82, 2.24) is 5.32 Å². The second kappa shape index (κ2) is 31.7. The number of unbranched alkanes of at least 4 members (excludes halogenated alkanes) is 10. The van der Waals surface area contributed by atoms with Crippen molar-refractivity contribution >= 4 is 25.7 Å². The molecule has 0 fully saturated rings. The molecule has 0 rings (SSSR count). The van der Waals surface area contributed by atoms with E-state index in [9.17, 15) is 34.1 Å². The van der Waals surface area contributed by atoms with Gasteiger partial charge >= 0.3 is 19.8 Å². The number of ether oxygens (including phenoxy) is 1. The highest BCUT2D eigenvalue weighted by atomic mass is 31.2. The van der Waals surface area contributed by atoms with Crippen LogP contribution in [0.5, 0.6) is 0 Å². The number of carbonyl (C=O) groups is 3. The maximum Gasteiger partial charge on any atom is 0.472 e. The summed E-state index contributed by atoms with van der Waals surface area (Å²) in [5.74, 6) is -2.44. The molecule has 0 aliphatic carbocycles. The number of phosphoric acid groups is 1. The molecule has 0 bridgehead atoms. The quantitative estimate of drug-likeness (QED) is 0.0235. The topological polar surface area (TPSA) is 169 Å². The van der Waals surface area contributed by atoms with Crippen LogP contribution in [0.2, 0.25) is 0 Å². The minimum absolute atomic E-state index is 0.128. The summed E-state index contributed by atoms with van der Waals surface area (Å²) in [7, 11) is -4.73. The summed E-state index contributed by atoms with van der Waals surface area (Å²) in [4.78, 5) is 44.9. The number of hydrogen-bond acceptors (Lipinski definition) is 8. The highest BCUT2D eigenvalue weighted by molar-refractivity contribution is 7.47. The lowest BCUT2D eigenvalue weighted by molar-refractivity contribution is -0.147. The Balaban J connectivity index is 3.87. The Kier molecular flexibility index (Phi) is 30.0. The van der Waals surface area contributed by atoms with Crippen molar-refractivity contribution in [1.29, 1.82) is 0 Å². The molecule has 0 aromatic carbocycles. The molecule has 1 amide bonds. The number of phosphoric ester groups is 1. The van der Waals surface area contributed by atoms with E-state index in [0.29, 0.717) is 12.8 Å². The van der Waals surface area contributed by atoms with E-state index in [0.717, 1.165) is 64.2 Å². The first-order valence-electron chi connectivity index (χ1n) is 17.7. The van der Waals surface area contributed by atoms with Crippen molar-refractivity contribution in [2.24, 2.45) is 0 Å². The molecule has 48 heavy (non-hydrogen) atoms. The normalized spacial score (nSPS) is 14.6. The van der Waals surface area contributed by atoms with Gasteiger partial charge in [-0.25, -0.2) is 9.36 Å². The van der Waals surface area contributed by atoms with Crippen LogP contribution in [-0.4, -0.2) is 64.9 Å². The summed E-state index contributed by atoms with van der Waals surface area (Å²) >= 11 is 0. The van der Waals surface area contributed by atoms with Gasteiger partial charge in [0.1, 0.15) is 12.7 Å². The molecular formula is C36H62NO10P. The van der Waals surface area contributed by atoms with Crippen molar-refractivity contribution in [3.63, 3.8) is 0 Å². The molecule has 3 unspecified atom stereocenters. The second-order valence-corrected chi connectivity index (χ2v) is 13.2. The number of nitrogens with one attached hydrogen (secondary N) is 1. The zero-order valence-electron chi connectivity index (χ0n) is 29.3. The Morgan fingerprint density at radius 2 is 1.15 bits per heavy atom. The van der Waals surface area contributed by atoms with Gasteiger partial charge in [-0.15, -0.1) is 0 Å². The first-order chi connectivity index (χ1) is 23.1. The molecule has 276 valence electrons. The highest BCUT2D eigenvalue weighted by Crippen LogP contribution is 2.43. The van der Waals surface area contributed by atoms with Crippen LogP contribution in [0.3, 0.4) is 0 Å². The lowest BCUT2D eigenvalue weighted by Crippen LogP contribution is -2.43. The molecule has 11 nitrogen and oxygen atoms in total. The fourth-order valence-corrected chi connectivity index (χ4v) is 5.07. The molecule has 0 saturated heterocycles. The van der Waals surface area contributed by atoms with E-state index in [2.05, 4.69) is 69.9 Å². The fraction of sp³-hybridized carbons (Fsp3) is 0.694. The maximum absolute atomic E-state index is 12.1. The van der Waals surface area contributed by atoms with Gasteiger partial charge in [-0.3, -0.25) is 18.6 Å². The summed E-state index contributed by atoms with van der Waals surface area (Å²) < 4.78 is 26.4. The van der Waals surface area contributed by atoms with E-state index in [1.807, 2.05) is 6.92 Å². The molecule has 3 atom stereocenters. The van der Waals surface area contributed by atoms with E-state index in [1.165, 1.54) is 25.7 Å². The first kappa shape index (κ1) is 45.4. The third kappa shape index (κ3) is 30.8. The number of amides is 1. The van der Waals surface area contributed by atoms with E-state index >= 15 is 0 Å². The van der Waals surface area contributed by atoms with Crippen LogP contribution >= 0.6 is 7.82 Å². The number of carboxylic acid groups (broad SMARTS) is 1. The Morgan fingerprint density at radius 3 is 1.73 bits per heavy atom.